The van der Waals surface area contributed by atoms with Gasteiger partial charge in [0.2, 0.25) is 0 Å². The Morgan fingerprint density at radius 3 is 1.59 bits per heavy atom. The second-order valence-corrected chi connectivity index (χ2v) is 6.38. The Labute approximate surface area is 132 Å². The maximum absolute atomic E-state index is 9.85. The largest absolute Gasteiger partial charge is 0.481 e. The normalized spacial score (nSPS) is 21.5. The Balaban J connectivity index is 0.000000239. The van der Waals surface area contributed by atoms with Crippen molar-refractivity contribution in [1.82, 2.24) is 5.32 Å². The van der Waals surface area contributed by atoms with Crippen LogP contribution in [0.1, 0.15) is 70.6 Å². The molecule has 2 rings (SSSR count). The van der Waals surface area contributed by atoms with Crippen molar-refractivity contribution in [1.29, 1.82) is 0 Å². The Kier molecular flexibility index (Phi) is 9.08. The number of carbonyl (C=O) groups is 2. The summed E-state index contributed by atoms with van der Waals surface area (Å²) >= 11 is 0. The lowest BCUT2D eigenvalue weighted by Crippen LogP contribution is -2.40. The standard InChI is InChI=1S/C12H23N.C4H7NO4/c1-3-7-11(8-4-1)13-12-9-5-2-6-10-12;5-2(4(8)9)1-3(6)7/h11-13H,1-10H2;2H,1,5H2,(H,6,7)(H,8,9)/t;2-/m.0/s1. The number of rotatable bonds is 5. The molecular formula is C16H30N2O4. The number of nitrogens with one attached hydrogen (secondary N) is 1. The van der Waals surface area contributed by atoms with E-state index < -0.39 is 24.4 Å². The number of carboxylic acid groups (broad SMARTS) is 2. The van der Waals surface area contributed by atoms with Crippen molar-refractivity contribution in [2.75, 3.05) is 0 Å². The Hall–Kier alpha value is -1.14. The molecule has 128 valence electrons. The van der Waals surface area contributed by atoms with Crippen molar-refractivity contribution >= 4 is 11.9 Å². The van der Waals surface area contributed by atoms with Gasteiger partial charge in [0.25, 0.3) is 0 Å². The third-order valence-corrected chi connectivity index (χ3v) is 4.39. The molecule has 0 aliphatic heterocycles. The van der Waals surface area contributed by atoms with Crippen LogP contribution in [0.3, 0.4) is 0 Å². The topological polar surface area (TPSA) is 113 Å². The van der Waals surface area contributed by atoms with Crippen molar-refractivity contribution in [2.24, 2.45) is 5.73 Å². The lowest BCUT2D eigenvalue weighted by atomic mass is 9.91. The molecule has 0 heterocycles. The average molecular weight is 314 g/mol. The molecule has 0 aromatic carbocycles. The van der Waals surface area contributed by atoms with Gasteiger partial charge in [-0.05, 0) is 25.7 Å². The van der Waals surface area contributed by atoms with Crippen LogP contribution in [0.25, 0.3) is 0 Å². The minimum Gasteiger partial charge on any atom is -0.481 e. The van der Waals surface area contributed by atoms with Gasteiger partial charge >= 0.3 is 11.9 Å². The minimum absolute atomic E-state index is 0.532. The SMILES string of the molecule is C1CCC(NC2CCCCC2)CC1.N[C@@H](CC(=O)O)C(=O)O. The van der Waals surface area contributed by atoms with Crippen LogP contribution in [-0.4, -0.2) is 40.3 Å². The van der Waals surface area contributed by atoms with Crippen LogP contribution >= 0.6 is 0 Å². The molecule has 2 fully saturated rings. The minimum atomic E-state index is -1.29. The summed E-state index contributed by atoms with van der Waals surface area (Å²) in [6, 6.07) is 0.455. The molecule has 2 aliphatic carbocycles. The molecule has 0 amide bonds. The molecule has 0 spiro atoms. The van der Waals surface area contributed by atoms with Gasteiger partial charge in [-0.1, -0.05) is 38.5 Å². The molecule has 22 heavy (non-hydrogen) atoms. The molecule has 0 aromatic rings. The first-order valence-electron chi connectivity index (χ1n) is 8.45. The summed E-state index contributed by atoms with van der Waals surface area (Å²) in [5.74, 6) is -2.50. The van der Waals surface area contributed by atoms with Gasteiger partial charge in [-0.2, -0.15) is 0 Å². The molecule has 0 aromatic heterocycles. The molecular weight excluding hydrogens is 284 g/mol. The van der Waals surface area contributed by atoms with Gasteiger partial charge in [0.15, 0.2) is 0 Å². The molecule has 0 radical (unpaired) electrons. The fraction of sp³-hybridized carbons (Fsp3) is 0.875. The summed E-state index contributed by atoms with van der Waals surface area (Å²) in [7, 11) is 0. The quantitative estimate of drug-likeness (QED) is 0.618. The van der Waals surface area contributed by atoms with E-state index in [2.05, 4.69) is 5.32 Å². The Morgan fingerprint density at radius 2 is 1.32 bits per heavy atom. The highest BCUT2D eigenvalue weighted by Crippen LogP contribution is 2.22. The third-order valence-electron chi connectivity index (χ3n) is 4.39. The number of carboxylic acids is 2. The van der Waals surface area contributed by atoms with Crippen LogP contribution < -0.4 is 11.1 Å². The first-order chi connectivity index (χ1) is 10.5. The summed E-state index contributed by atoms with van der Waals surface area (Å²) < 4.78 is 0. The van der Waals surface area contributed by atoms with Crippen molar-refractivity contribution in [3.8, 4) is 0 Å². The summed E-state index contributed by atoms with van der Waals surface area (Å²) in [6.45, 7) is 0. The monoisotopic (exact) mass is 314 g/mol. The van der Waals surface area contributed by atoms with Crippen molar-refractivity contribution in [3.63, 3.8) is 0 Å². The lowest BCUT2D eigenvalue weighted by Gasteiger charge is -2.30. The highest BCUT2D eigenvalue weighted by Gasteiger charge is 2.19. The van der Waals surface area contributed by atoms with E-state index in [1.807, 2.05) is 0 Å². The van der Waals surface area contributed by atoms with Crippen LogP contribution in [0.15, 0.2) is 0 Å². The summed E-state index contributed by atoms with van der Waals surface area (Å²) in [6.07, 6.45) is 14.0. The fourth-order valence-corrected chi connectivity index (χ4v) is 3.15. The molecule has 0 bridgehead atoms. The van der Waals surface area contributed by atoms with Gasteiger partial charge in [-0.15, -0.1) is 0 Å². The Bertz CT molecular complexity index is 321. The number of hydrogen-bond donors (Lipinski definition) is 4. The second-order valence-electron chi connectivity index (χ2n) is 6.38. The predicted octanol–water partition coefficient (Wildman–Crippen LogP) is 2.11. The van der Waals surface area contributed by atoms with Gasteiger partial charge in [-0.3, -0.25) is 9.59 Å². The van der Waals surface area contributed by atoms with E-state index in [4.69, 9.17) is 15.9 Å². The molecule has 2 saturated carbocycles. The van der Waals surface area contributed by atoms with Crippen LogP contribution in [0.4, 0.5) is 0 Å². The number of nitrogens with two attached hydrogens (primary N) is 1. The van der Waals surface area contributed by atoms with E-state index in [1.165, 1.54) is 64.2 Å². The molecule has 0 unspecified atom stereocenters. The number of hydrogen-bond acceptors (Lipinski definition) is 4. The summed E-state index contributed by atoms with van der Waals surface area (Å²) in [4.78, 5) is 19.6. The van der Waals surface area contributed by atoms with Gasteiger partial charge in [-0.25, -0.2) is 0 Å². The third kappa shape index (κ3) is 8.34. The summed E-state index contributed by atoms with van der Waals surface area (Å²) in [5, 5.41) is 19.9. The van der Waals surface area contributed by atoms with Gasteiger partial charge in [0.1, 0.15) is 6.04 Å². The molecule has 5 N–H and O–H groups in total. The van der Waals surface area contributed by atoms with Gasteiger partial charge in [0.05, 0.1) is 6.42 Å². The van der Waals surface area contributed by atoms with Crippen molar-refractivity contribution in [2.45, 2.75) is 88.8 Å². The first-order valence-corrected chi connectivity index (χ1v) is 8.45. The van der Waals surface area contributed by atoms with Crippen LogP contribution in [0, 0.1) is 0 Å². The van der Waals surface area contributed by atoms with Crippen LogP contribution in [0.2, 0.25) is 0 Å². The highest BCUT2D eigenvalue weighted by atomic mass is 16.4. The zero-order chi connectivity index (χ0) is 16.4. The average Bonchev–Trinajstić information content (AvgIpc) is 2.49. The zero-order valence-electron chi connectivity index (χ0n) is 13.3. The fourth-order valence-electron chi connectivity index (χ4n) is 3.15. The van der Waals surface area contributed by atoms with Crippen LogP contribution in [0.5, 0.6) is 0 Å². The smallest absolute Gasteiger partial charge is 0.321 e. The van der Waals surface area contributed by atoms with Crippen molar-refractivity contribution in [3.05, 3.63) is 0 Å². The first kappa shape index (κ1) is 18.9. The number of aliphatic carboxylic acids is 2. The van der Waals surface area contributed by atoms with Gasteiger partial charge < -0.3 is 21.3 Å². The van der Waals surface area contributed by atoms with E-state index >= 15 is 0 Å². The van der Waals surface area contributed by atoms with E-state index in [0.29, 0.717) is 0 Å². The van der Waals surface area contributed by atoms with Crippen LogP contribution in [-0.2, 0) is 9.59 Å². The molecule has 6 heteroatoms. The highest BCUT2D eigenvalue weighted by molar-refractivity contribution is 5.80. The van der Waals surface area contributed by atoms with Crippen molar-refractivity contribution < 1.29 is 19.8 Å². The van der Waals surface area contributed by atoms with E-state index in [9.17, 15) is 9.59 Å². The van der Waals surface area contributed by atoms with E-state index in [1.54, 1.807) is 0 Å². The Morgan fingerprint density at radius 1 is 0.909 bits per heavy atom. The lowest BCUT2D eigenvalue weighted by molar-refractivity contribution is -0.144. The molecule has 6 nitrogen and oxygen atoms in total. The predicted molar refractivity (Wildman–Crippen MR) is 84.7 cm³/mol. The van der Waals surface area contributed by atoms with Gasteiger partial charge in [0, 0.05) is 12.1 Å². The maximum atomic E-state index is 9.85. The molecule has 1 atom stereocenters. The van der Waals surface area contributed by atoms with E-state index in [-0.39, 0.29) is 0 Å². The second kappa shape index (κ2) is 10.6. The maximum Gasteiger partial charge on any atom is 0.321 e. The molecule has 2 aliphatic rings. The summed E-state index contributed by atoms with van der Waals surface area (Å²) in [5.41, 5.74) is 4.84. The zero-order valence-corrected chi connectivity index (χ0v) is 13.3. The molecule has 0 saturated heterocycles. The van der Waals surface area contributed by atoms with E-state index in [0.717, 1.165) is 12.1 Å².